The van der Waals surface area contributed by atoms with Crippen LogP contribution in [0.1, 0.15) is 16.7 Å². The van der Waals surface area contributed by atoms with Crippen LogP contribution in [0, 0.1) is 28.5 Å². The molecule has 4 N–H and O–H groups in total. The summed E-state index contributed by atoms with van der Waals surface area (Å²) in [5, 5.41) is 31.7. The molecule has 0 aliphatic carbocycles. The molecule has 0 spiro atoms. The van der Waals surface area contributed by atoms with Crippen LogP contribution in [0.15, 0.2) is 41.9 Å². The maximum atomic E-state index is 14.1. The molecule has 0 aliphatic rings. The Morgan fingerprint density at radius 3 is 2.63 bits per heavy atom. The minimum absolute atomic E-state index is 0.0489. The van der Waals surface area contributed by atoms with E-state index in [1.807, 2.05) is 6.07 Å². The molecule has 0 heterocycles. The maximum Gasteiger partial charge on any atom is 0.193 e. The van der Waals surface area contributed by atoms with Gasteiger partial charge < -0.3 is 16.2 Å². The number of phenols is 1. The van der Waals surface area contributed by atoms with E-state index in [1.165, 1.54) is 24.3 Å². The van der Waals surface area contributed by atoms with Gasteiger partial charge in [-0.15, -0.1) is 0 Å². The monoisotopic (exact) mass is 367 g/mol. The van der Waals surface area contributed by atoms with Gasteiger partial charge in [-0.1, -0.05) is 18.7 Å². The van der Waals surface area contributed by atoms with Crippen molar-refractivity contribution in [1.29, 1.82) is 10.5 Å². The number of hydrogen-bond acceptors (Lipinski definition) is 4. The second-order valence-corrected chi connectivity index (χ2v) is 5.33. The average molecular weight is 367 g/mol. The van der Waals surface area contributed by atoms with E-state index in [9.17, 15) is 24.4 Å². The van der Waals surface area contributed by atoms with Gasteiger partial charge in [-0.05, 0) is 18.2 Å². The molecule has 0 saturated carbocycles. The number of nitrogens with one attached hydrogen (secondary N) is 1. The van der Waals surface area contributed by atoms with Crippen molar-refractivity contribution in [2.45, 2.75) is 0 Å². The average Bonchev–Trinajstić information content (AvgIpc) is 2.65. The van der Waals surface area contributed by atoms with Gasteiger partial charge in [0, 0.05) is 22.4 Å². The topological polar surface area (TPSA) is 118 Å². The third kappa shape index (κ3) is 4.02. The zero-order valence-electron chi connectivity index (χ0n) is 14.1. The smallest absolute Gasteiger partial charge is 0.193 e. The SMILES string of the molecule is C=C(NC(N)=NCCF)c1c(O)ccc(C#N)c1-c1cccc(F)c1C#N. The first-order valence-corrected chi connectivity index (χ1v) is 7.71. The summed E-state index contributed by atoms with van der Waals surface area (Å²) in [6.45, 7) is 2.90. The van der Waals surface area contributed by atoms with E-state index >= 15 is 0 Å². The number of aromatic hydroxyl groups is 1. The molecule has 0 radical (unpaired) electrons. The Morgan fingerprint density at radius 2 is 2.00 bits per heavy atom. The number of nitrogens with zero attached hydrogens (tertiary/aromatic N) is 3. The Morgan fingerprint density at radius 1 is 1.26 bits per heavy atom. The van der Waals surface area contributed by atoms with Crippen LogP contribution in [0.2, 0.25) is 0 Å². The first-order chi connectivity index (χ1) is 12.9. The second kappa shape index (κ2) is 8.45. The van der Waals surface area contributed by atoms with Crippen molar-refractivity contribution in [3.8, 4) is 29.0 Å². The van der Waals surface area contributed by atoms with Gasteiger partial charge in [0.05, 0.1) is 23.7 Å². The molecule has 0 bridgehead atoms. The number of nitrogens with two attached hydrogens (primary N) is 1. The molecule has 0 fully saturated rings. The van der Waals surface area contributed by atoms with Crippen molar-refractivity contribution in [2.75, 3.05) is 13.2 Å². The number of rotatable bonds is 5. The number of aliphatic imine (C=N–C) groups is 1. The first-order valence-electron chi connectivity index (χ1n) is 7.71. The molecule has 2 rings (SSSR count). The minimum atomic E-state index is -0.768. The highest BCUT2D eigenvalue weighted by Crippen LogP contribution is 2.38. The molecule has 0 unspecified atom stereocenters. The van der Waals surface area contributed by atoms with Crippen LogP contribution in [-0.2, 0) is 0 Å². The predicted molar refractivity (Wildman–Crippen MR) is 97.6 cm³/mol. The molecule has 0 amide bonds. The Bertz CT molecular complexity index is 1000. The summed E-state index contributed by atoms with van der Waals surface area (Å²) in [6, 6.07) is 10.3. The number of halogens is 2. The van der Waals surface area contributed by atoms with Crippen LogP contribution in [-0.4, -0.2) is 24.3 Å². The van der Waals surface area contributed by atoms with E-state index in [0.717, 1.165) is 6.07 Å². The highest BCUT2D eigenvalue weighted by atomic mass is 19.1. The number of phenolic OH excluding ortho intramolecular Hbond substituents is 1. The number of hydrogen-bond donors (Lipinski definition) is 3. The van der Waals surface area contributed by atoms with Crippen molar-refractivity contribution < 1.29 is 13.9 Å². The summed E-state index contributed by atoms with van der Waals surface area (Å²) in [5.41, 5.74) is 5.77. The Balaban J connectivity index is 2.71. The molecule has 6 nitrogen and oxygen atoms in total. The highest BCUT2D eigenvalue weighted by Gasteiger charge is 2.21. The van der Waals surface area contributed by atoms with Gasteiger partial charge in [0.1, 0.15) is 24.3 Å². The lowest BCUT2D eigenvalue weighted by Gasteiger charge is -2.17. The van der Waals surface area contributed by atoms with Crippen molar-refractivity contribution in [3.05, 3.63) is 59.4 Å². The fourth-order valence-corrected chi connectivity index (χ4v) is 2.54. The van der Waals surface area contributed by atoms with Crippen LogP contribution < -0.4 is 11.1 Å². The van der Waals surface area contributed by atoms with E-state index in [-0.39, 0.29) is 51.8 Å². The molecule has 0 aromatic heterocycles. The molecule has 27 heavy (non-hydrogen) atoms. The number of nitriles is 2. The summed E-state index contributed by atoms with van der Waals surface area (Å²) in [7, 11) is 0. The molecule has 2 aromatic rings. The fraction of sp³-hybridized carbons (Fsp3) is 0.105. The minimum Gasteiger partial charge on any atom is -0.507 e. The van der Waals surface area contributed by atoms with Crippen molar-refractivity contribution >= 4 is 11.7 Å². The number of guanidine groups is 1. The molecular formula is C19H15F2N5O. The molecule has 0 aliphatic heterocycles. The summed E-state index contributed by atoms with van der Waals surface area (Å²) in [5.74, 6) is -1.19. The maximum absolute atomic E-state index is 14.1. The molecule has 8 heteroatoms. The van der Waals surface area contributed by atoms with E-state index in [4.69, 9.17) is 5.73 Å². The third-order valence-corrected chi connectivity index (χ3v) is 3.65. The molecular weight excluding hydrogens is 352 g/mol. The largest absolute Gasteiger partial charge is 0.507 e. The summed E-state index contributed by atoms with van der Waals surface area (Å²) < 4.78 is 26.3. The fourth-order valence-electron chi connectivity index (χ4n) is 2.54. The quantitative estimate of drug-likeness (QED) is 0.555. The van der Waals surface area contributed by atoms with Crippen molar-refractivity contribution in [2.24, 2.45) is 10.7 Å². The van der Waals surface area contributed by atoms with E-state index in [1.54, 1.807) is 6.07 Å². The van der Waals surface area contributed by atoms with Gasteiger partial charge >= 0.3 is 0 Å². The molecule has 136 valence electrons. The lowest BCUT2D eigenvalue weighted by atomic mass is 9.90. The van der Waals surface area contributed by atoms with Crippen LogP contribution >= 0.6 is 0 Å². The Labute approximate surface area is 154 Å². The van der Waals surface area contributed by atoms with Gasteiger partial charge in [0.25, 0.3) is 0 Å². The Kier molecular flexibility index (Phi) is 6.08. The van der Waals surface area contributed by atoms with Crippen LogP contribution in [0.4, 0.5) is 8.78 Å². The van der Waals surface area contributed by atoms with Gasteiger partial charge in [-0.2, -0.15) is 10.5 Å². The molecule has 0 saturated heterocycles. The summed E-state index contributed by atoms with van der Waals surface area (Å²) in [4.78, 5) is 3.72. The number of alkyl halides is 1. The third-order valence-electron chi connectivity index (χ3n) is 3.65. The van der Waals surface area contributed by atoms with E-state index in [0.29, 0.717) is 0 Å². The molecule has 0 atom stereocenters. The van der Waals surface area contributed by atoms with Crippen LogP contribution in [0.25, 0.3) is 16.8 Å². The van der Waals surface area contributed by atoms with Gasteiger partial charge in [-0.3, -0.25) is 4.99 Å². The summed E-state index contributed by atoms with van der Waals surface area (Å²) >= 11 is 0. The first kappa shape index (κ1) is 19.4. The zero-order chi connectivity index (χ0) is 20.0. The lowest BCUT2D eigenvalue weighted by molar-refractivity contribution is 0.473. The lowest BCUT2D eigenvalue weighted by Crippen LogP contribution is -2.30. The van der Waals surface area contributed by atoms with Crippen molar-refractivity contribution in [1.82, 2.24) is 5.32 Å². The van der Waals surface area contributed by atoms with Gasteiger partial charge in [0.15, 0.2) is 5.96 Å². The van der Waals surface area contributed by atoms with E-state index in [2.05, 4.69) is 16.9 Å². The van der Waals surface area contributed by atoms with Crippen LogP contribution in [0.3, 0.4) is 0 Å². The molecule has 2 aromatic carbocycles. The normalized spacial score (nSPS) is 10.7. The predicted octanol–water partition coefficient (Wildman–Crippen LogP) is 2.79. The summed E-state index contributed by atoms with van der Waals surface area (Å²) in [6.07, 6.45) is 0. The van der Waals surface area contributed by atoms with Crippen LogP contribution in [0.5, 0.6) is 5.75 Å². The standard InChI is InChI=1S/C19H15F2N5O/c1-11(26-19(24)25-8-7-20)17-16(27)6-5-12(9-22)18(17)13-3-2-4-15(21)14(13)10-23/h2-6,27H,1,7-8H2,(H3,24,25,26). The second-order valence-electron chi connectivity index (χ2n) is 5.33. The zero-order valence-corrected chi connectivity index (χ0v) is 14.1. The van der Waals surface area contributed by atoms with Gasteiger partial charge in [0.2, 0.25) is 0 Å². The Hall–Kier alpha value is -3.91. The van der Waals surface area contributed by atoms with Gasteiger partial charge in [-0.25, -0.2) is 8.78 Å². The van der Waals surface area contributed by atoms with Crippen molar-refractivity contribution in [3.63, 3.8) is 0 Å². The van der Waals surface area contributed by atoms with E-state index < -0.39 is 12.5 Å². The number of benzene rings is 2. The highest BCUT2D eigenvalue weighted by molar-refractivity contribution is 5.94.